The van der Waals surface area contributed by atoms with Crippen molar-refractivity contribution in [2.75, 3.05) is 12.4 Å². The van der Waals surface area contributed by atoms with Crippen LogP contribution in [0.1, 0.15) is 5.56 Å². The molecular formula is C27H21N5O3. The highest BCUT2D eigenvalue weighted by atomic mass is 16.5. The zero-order valence-corrected chi connectivity index (χ0v) is 18.8. The Morgan fingerprint density at radius 3 is 2.66 bits per heavy atom. The lowest BCUT2D eigenvalue weighted by Gasteiger charge is -2.07. The highest BCUT2D eigenvalue weighted by Gasteiger charge is 2.15. The lowest BCUT2D eigenvalue weighted by molar-refractivity contribution is -0.111. The van der Waals surface area contributed by atoms with Crippen molar-refractivity contribution >= 4 is 17.7 Å². The largest absolute Gasteiger partial charge is 0.496 e. The average molecular weight is 463 g/mol. The van der Waals surface area contributed by atoms with Crippen LogP contribution in [0.3, 0.4) is 0 Å². The van der Waals surface area contributed by atoms with Crippen molar-refractivity contribution in [3.8, 4) is 34.1 Å². The first-order valence-electron chi connectivity index (χ1n) is 10.9. The molecular weight excluding hydrogens is 442 g/mol. The van der Waals surface area contributed by atoms with Crippen LogP contribution < -0.4 is 10.1 Å². The van der Waals surface area contributed by atoms with E-state index in [1.54, 1.807) is 30.0 Å². The number of anilines is 1. The van der Waals surface area contributed by atoms with E-state index in [2.05, 4.69) is 15.5 Å². The number of aromatic nitrogens is 4. The van der Waals surface area contributed by atoms with Gasteiger partial charge >= 0.3 is 0 Å². The van der Waals surface area contributed by atoms with Gasteiger partial charge in [-0.15, -0.1) is 10.2 Å². The molecule has 3 aromatic carbocycles. The molecule has 5 rings (SSSR count). The van der Waals surface area contributed by atoms with Crippen molar-refractivity contribution in [1.82, 2.24) is 20.0 Å². The smallest absolute Gasteiger partial charge is 0.248 e. The number of nitrogens with one attached hydrogen (secondary N) is 1. The van der Waals surface area contributed by atoms with E-state index in [9.17, 15) is 4.79 Å². The molecule has 2 aromatic heterocycles. The van der Waals surface area contributed by atoms with Crippen LogP contribution in [0.4, 0.5) is 5.69 Å². The van der Waals surface area contributed by atoms with E-state index in [0.717, 1.165) is 16.8 Å². The minimum absolute atomic E-state index is 0.286. The Morgan fingerprint density at radius 1 is 1.03 bits per heavy atom. The molecule has 0 saturated heterocycles. The number of amides is 1. The van der Waals surface area contributed by atoms with Crippen molar-refractivity contribution < 1.29 is 13.9 Å². The maximum Gasteiger partial charge on any atom is 0.248 e. The van der Waals surface area contributed by atoms with E-state index in [1.165, 1.54) is 12.5 Å². The molecule has 172 valence electrons. The molecule has 0 aliphatic heterocycles. The SMILES string of the molecule is COc1ccccc1-c1nn(-c2ccccc2)cc1/C=C/C(=O)Nc1cccc(-c2nnco2)c1. The maximum atomic E-state index is 12.7. The van der Waals surface area contributed by atoms with E-state index in [4.69, 9.17) is 14.3 Å². The number of para-hydroxylation sites is 2. The van der Waals surface area contributed by atoms with Gasteiger partial charge in [0.05, 0.1) is 12.8 Å². The molecule has 1 amide bonds. The molecule has 8 heteroatoms. The minimum Gasteiger partial charge on any atom is -0.496 e. The summed E-state index contributed by atoms with van der Waals surface area (Å²) >= 11 is 0. The third-order valence-corrected chi connectivity index (χ3v) is 5.28. The van der Waals surface area contributed by atoms with Gasteiger partial charge in [0.2, 0.25) is 18.2 Å². The van der Waals surface area contributed by atoms with Gasteiger partial charge < -0.3 is 14.5 Å². The van der Waals surface area contributed by atoms with Gasteiger partial charge in [-0.2, -0.15) is 5.10 Å². The molecule has 35 heavy (non-hydrogen) atoms. The lowest BCUT2D eigenvalue weighted by Crippen LogP contribution is -2.07. The summed E-state index contributed by atoms with van der Waals surface area (Å²) in [4.78, 5) is 12.7. The summed E-state index contributed by atoms with van der Waals surface area (Å²) in [5, 5.41) is 15.2. The van der Waals surface area contributed by atoms with Gasteiger partial charge in [-0.3, -0.25) is 4.79 Å². The molecule has 0 saturated carbocycles. The van der Waals surface area contributed by atoms with Gasteiger partial charge in [0.15, 0.2) is 0 Å². The van der Waals surface area contributed by atoms with Crippen molar-refractivity contribution in [3.63, 3.8) is 0 Å². The molecule has 0 spiro atoms. The van der Waals surface area contributed by atoms with Gasteiger partial charge in [0.25, 0.3) is 0 Å². The summed E-state index contributed by atoms with van der Waals surface area (Å²) in [5.41, 5.74) is 4.54. The lowest BCUT2D eigenvalue weighted by atomic mass is 10.1. The second-order valence-electron chi connectivity index (χ2n) is 7.56. The molecule has 0 fully saturated rings. The summed E-state index contributed by atoms with van der Waals surface area (Å²) in [6.07, 6.45) is 6.37. The maximum absolute atomic E-state index is 12.7. The number of methoxy groups -OCH3 is 1. The van der Waals surface area contributed by atoms with Crippen LogP contribution in [0.5, 0.6) is 5.75 Å². The van der Waals surface area contributed by atoms with Gasteiger partial charge in [-0.05, 0) is 48.5 Å². The minimum atomic E-state index is -0.286. The fourth-order valence-electron chi connectivity index (χ4n) is 3.65. The van der Waals surface area contributed by atoms with Gasteiger partial charge in [-0.1, -0.05) is 36.4 Å². The molecule has 0 bridgehead atoms. The van der Waals surface area contributed by atoms with E-state index >= 15 is 0 Å². The normalized spacial score (nSPS) is 11.0. The number of carbonyl (C=O) groups excluding carboxylic acids is 1. The average Bonchev–Trinajstić information content (AvgIpc) is 3.59. The van der Waals surface area contributed by atoms with E-state index in [-0.39, 0.29) is 5.91 Å². The summed E-state index contributed by atoms with van der Waals surface area (Å²) in [7, 11) is 1.62. The summed E-state index contributed by atoms with van der Waals surface area (Å²) in [6, 6.07) is 24.6. The molecule has 5 aromatic rings. The summed E-state index contributed by atoms with van der Waals surface area (Å²) in [6.45, 7) is 0. The Labute approximate surface area is 201 Å². The molecule has 0 atom stereocenters. The molecule has 8 nitrogen and oxygen atoms in total. The second-order valence-corrected chi connectivity index (χ2v) is 7.56. The molecule has 1 N–H and O–H groups in total. The zero-order chi connectivity index (χ0) is 24.0. The van der Waals surface area contributed by atoms with E-state index < -0.39 is 0 Å². The Morgan fingerprint density at radius 2 is 1.86 bits per heavy atom. The number of benzene rings is 3. The fraction of sp³-hybridized carbons (Fsp3) is 0.0370. The van der Waals surface area contributed by atoms with E-state index in [1.807, 2.05) is 72.9 Å². The van der Waals surface area contributed by atoms with Crippen LogP contribution in [0.2, 0.25) is 0 Å². The van der Waals surface area contributed by atoms with Crippen LogP contribution in [0, 0.1) is 0 Å². The first-order chi connectivity index (χ1) is 17.2. The summed E-state index contributed by atoms with van der Waals surface area (Å²) in [5.74, 6) is 0.792. The number of hydrogen-bond acceptors (Lipinski definition) is 6. The quantitative estimate of drug-likeness (QED) is 0.331. The number of nitrogens with zero attached hydrogens (tertiary/aromatic N) is 4. The van der Waals surface area contributed by atoms with Crippen molar-refractivity contribution in [2.45, 2.75) is 0 Å². The van der Waals surface area contributed by atoms with Crippen LogP contribution in [-0.4, -0.2) is 33.0 Å². The number of rotatable bonds is 7. The number of ether oxygens (including phenoxy) is 1. The Hall–Kier alpha value is -4.98. The highest BCUT2D eigenvalue weighted by Crippen LogP contribution is 2.32. The first kappa shape index (κ1) is 21.8. The van der Waals surface area contributed by atoms with Crippen molar-refractivity contribution in [3.05, 3.63) is 103 Å². The zero-order valence-electron chi connectivity index (χ0n) is 18.8. The van der Waals surface area contributed by atoms with Crippen LogP contribution in [0.25, 0.3) is 34.5 Å². The van der Waals surface area contributed by atoms with Gasteiger partial charge in [-0.25, -0.2) is 4.68 Å². The Balaban J connectivity index is 1.44. The third-order valence-electron chi connectivity index (χ3n) is 5.28. The fourth-order valence-corrected chi connectivity index (χ4v) is 3.65. The molecule has 0 aliphatic rings. The van der Waals surface area contributed by atoms with E-state index in [0.29, 0.717) is 28.6 Å². The predicted molar refractivity (Wildman–Crippen MR) is 133 cm³/mol. The Kier molecular flexibility index (Phi) is 6.17. The van der Waals surface area contributed by atoms with Crippen LogP contribution in [-0.2, 0) is 4.79 Å². The number of carbonyl (C=O) groups is 1. The van der Waals surface area contributed by atoms with Crippen LogP contribution in [0.15, 0.2) is 102 Å². The highest BCUT2D eigenvalue weighted by molar-refractivity contribution is 6.02. The standard InChI is InChI=1S/C27H21N5O3/c1-34-24-13-6-5-12-23(24)26-20(17-32(31-26)22-10-3-2-4-11-22)14-15-25(33)29-21-9-7-8-19(16-21)27-30-28-18-35-27/h2-18H,1H3,(H,29,33)/b15-14+. The van der Waals surface area contributed by atoms with Crippen LogP contribution >= 0.6 is 0 Å². The molecule has 2 heterocycles. The Bertz CT molecular complexity index is 1470. The molecule has 0 aliphatic carbocycles. The predicted octanol–water partition coefficient (Wildman–Crippen LogP) is 5.25. The molecule has 0 radical (unpaired) electrons. The topological polar surface area (TPSA) is 95.1 Å². The van der Waals surface area contributed by atoms with Gasteiger partial charge in [0, 0.05) is 34.7 Å². The molecule has 0 unspecified atom stereocenters. The third kappa shape index (κ3) is 4.86. The second kappa shape index (κ2) is 9.88. The monoisotopic (exact) mass is 463 g/mol. The first-order valence-corrected chi connectivity index (χ1v) is 10.9. The van der Waals surface area contributed by atoms with Crippen molar-refractivity contribution in [2.24, 2.45) is 0 Å². The van der Waals surface area contributed by atoms with Crippen molar-refractivity contribution in [1.29, 1.82) is 0 Å². The van der Waals surface area contributed by atoms with Gasteiger partial charge in [0.1, 0.15) is 11.4 Å². The number of hydrogen-bond donors (Lipinski definition) is 1. The summed E-state index contributed by atoms with van der Waals surface area (Å²) < 4.78 is 12.6.